The van der Waals surface area contributed by atoms with E-state index in [-0.39, 0.29) is 51.4 Å². The van der Waals surface area contributed by atoms with Crippen molar-refractivity contribution in [2.75, 3.05) is 0 Å². The Kier molecular flexibility index (Phi) is 5.89. The number of halogens is 1. The molecular weight excluding hydrogens is 193 g/mol. The molecule has 0 bridgehead atoms. The molecule has 0 atom stereocenters. The zero-order valence-electron chi connectivity index (χ0n) is 3.56. The minimum absolute atomic E-state index is 0. The van der Waals surface area contributed by atoms with Gasteiger partial charge in [-0.1, -0.05) is 6.07 Å². The summed E-state index contributed by atoms with van der Waals surface area (Å²) in [5.74, 6) is 0. The summed E-state index contributed by atoms with van der Waals surface area (Å²) >= 11 is 3.17. The molecule has 1 rings (SSSR count). The molecule has 1 heterocycles. The Labute approximate surface area is 99.4 Å². The molecule has 1 aromatic heterocycles. The van der Waals surface area contributed by atoms with Gasteiger partial charge in [0.2, 0.25) is 0 Å². The van der Waals surface area contributed by atoms with E-state index in [1.165, 1.54) is 0 Å². The summed E-state index contributed by atoms with van der Waals surface area (Å²) in [7, 11) is 0. The first kappa shape index (κ1) is 9.27. The van der Waals surface area contributed by atoms with Crippen LogP contribution in [0.15, 0.2) is 22.8 Å². The summed E-state index contributed by atoms with van der Waals surface area (Å²) < 4.78 is 0.829. The van der Waals surface area contributed by atoms with Gasteiger partial charge in [0.05, 0.1) is 6.20 Å². The van der Waals surface area contributed by atoms with E-state index in [1.54, 1.807) is 6.07 Å². The number of aromatic nitrogens is 1. The third-order valence-corrected chi connectivity index (χ3v) is 1.02. The van der Waals surface area contributed by atoms with Crippen molar-refractivity contribution in [2.24, 2.45) is 0 Å². The van der Waals surface area contributed by atoms with Gasteiger partial charge in [-0.2, -0.15) is 0 Å². The van der Waals surface area contributed by atoms with Gasteiger partial charge in [0, 0.05) is 0 Å². The molecule has 1 radical (unpaired) electrons. The van der Waals surface area contributed by atoms with Crippen molar-refractivity contribution in [3.63, 3.8) is 0 Å². The third-order valence-electron chi connectivity index (χ3n) is 0.576. The molecule has 37 valence electrons. The van der Waals surface area contributed by atoms with E-state index >= 15 is 0 Å². The van der Waals surface area contributed by atoms with E-state index in [4.69, 9.17) is 0 Å². The predicted molar refractivity (Wildman–Crippen MR) is 37.9 cm³/mol. The Morgan fingerprint density at radius 3 is 2.62 bits per heavy atom. The average Bonchev–Trinajstić information content (AvgIpc) is 1.69. The van der Waals surface area contributed by atoms with Gasteiger partial charge in [-0.25, -0.2) is 4.98 Å². The second-order valence-electron chi connectivity index (χ2n) is 1.09. The molecule has 0 unspecified atom stereocenters. The normalized spacial score (nSPS) is 7.62. The quantitative estimate of drug-likeness (QED) is 0.446. The van der Waals surface area contributed by atoms with Crippen LogP contribution in [0.3, 0.4) is 0 Å². The van der Waals surface area contributed by atoms with Gasteiger partial charge in [0.1, 0.15) is 4.60 Å². The Morgan fingerprint density at radius 2 is 2.38 bits per heavy atom. The van der Waals surface area contributed by atoms with Crippen LogP contribution in [-0.2, 0) is 0 Å². The zero-order valence-corrected chi connectivity index (χ0v) is 5.14. The first-order chi connectivity index (χ1) is 3.39. The SMILES string of the molecule is Brc1ccc[c]n1.[KH]. The molecule has 0 aromatic carbocycles. The molecule has 0 saturated carbocycles. The summed E-state index contributed by atoms with van der Waals surface area (Å²) in [6.45, 7) is 0. The average molecular weight is 197 g/mol. The number of pyridine rings is 1. The molecular formula is C5H4BrKN. The minimum atomic E-state index is 0. The van der Waals surface area contributed by atoms with E-state index < -0.39 is 0 Å². The molecule has 0 spiro atoms. The summed E-state index contributed by atoms with van der Waals surface area (Å²) in [5.41, 5.74) is 0. The standard InChI is InChI=1S/C5H3BrN.K.H/c6-5-3-1-2-4-7-5;;/h1-3H;;. The van der Waals surface area contributed by atoms with Gasteiger partial charge in [-0.15, -0.1) is 0 Å². The Hall–Kier alpha value is 1.27. The predicted octanol–water partition coefficient (Wildman–Crippen LogP) is 0.996. The van der Waals surface area contributed by atoms with Crippen LogP contribution in [0.25, 0.3) is 0 Å². The van der Waals surface area contributed by atoms with E-state index in [9.17, 15) is 0 Å². The molecule has 0 aliphatic rings. The van der Waals surface area contributed by atoms with Crippen LogP contribution >= 0.6 is 15.9 Å². The maximum absolute atomic E-state index is 3.77. The number of rotatable bonds is 0. The van der Waals surface area contributed by atoms with Crippen molar-refractivity contribution in [2.45, 2.75) is 0 Å². The van der Waals surface area contributed by atoms with Crippen LogP contribution in [0.1, 0.15) is 0 Å². The van der Waals surface area contributed by atoms with Crippen molar-refractivity contribution in [1.29, 1.82) is 0 Å². The van der Waals surface area contributed by atoms with Gasteiger partial charge < -0.3 is 0 Å². The van der Waals surface area contributed by atoms with Crippen LogP contribution < -0.4 is 0 Å². The molecule has 1 aromatic rings. The maximum atomic E-state index is 3.77. The van der Waals surface area contributed by atoms with Crippen molar-refractivity contribution < 1.29 is 0 Å². The topological polar surface area (TPSA) is 12.9 Å². The second-order valence-corrected chi connectivity index (χ2v) is 1.90. The van der Waals surface area contributed by atoms with Crippen molar-refractivity contribution in [3.8, 4) is 0 Å². The second kappa shape index (κ2) is 5.08. The molecule has 0 aliphatic carbocycles. The van der Waals surface area contributed by atoms with E-state index in [0.29, 0.717) is 0 Å². The molecule has 8 heavy (non-hydrogen) atoms. The van der Waals surface area contributed by atoms with Crippen LogP contribution in [0.5, 0.6) is 0 Å². The number of hydrogen-bond acceptors (Lipinski definition) is 1. The van der Waals surface area contributed by atoms with Gasteiger partial charge >= 0.3 is 51.4 Å². The molecule has 0 amide bonds. The molecule has 0 aliphatic heterocycles. The fourth-order valence-electron chi connectivity index (χ4n) is 0.307. The molecule has 0 saturated heterocycles. The number of nitrogens with zero attached hydrogens (tertiary/aromatic N) is 1. The zero-order chi connectivity index (χ0) is 5.11. The van der Waals surface area contributed by atoms with Crippen LogP contribution in [0.4, 0.5) is 0 Å². The van der Waals surface area contributed by atoms with E-state index in [0.717, 1.165) is 4.60 Å². The van der Waals surface area contributed by atoms with Gasteiger partial charge in [-0.05, 0) is 28.1 Å². The molecule has 3 heteroatoms. The fourth-order valence-corrected chi connectivity index (χ4v) is 0.562. The Balaban J connectivity index is 0.000000490. The summed E-state index contributed by atoms with van der Waals surface area (Å²) in [6.07, 6.45) is 2.66. The summed E-state index contributed by atoms with van der Waals surface area (Å²) in [4.78, 5) is 3.77. The molecule has 0 fully saturated rings. The summed E-state index contributed by atoms with van der Waals surface area (Å²) in [6, 6.07) is 5.48. The van der Waals surface area contributed by atoms with Crippen molar-refractivity contribution >= 4 is 67.3 Å². The van der Waals surface area contributed by atoms with E-state index in [1.807, 2.05) is 12.1 Å². The van der Waals surface area contributed by atoms with Crippen molar-refractivity contribution in [3.05, 3.63) is 29.0 Å². The van der Waals surface area contributed by atoms with Gasteiger partial charge in [0.25, 0.3) is 0 Å². The molecule has 0 N–H and O–H groups in total. The summed E-state index contributed by atoms with van der Waals surface area (Å²) in [5, 5.41) is 0. The van der Waals surface area contributed by atoms with Crippen molar-refractivity contribution in [1.82, 2.24) is 4.98 Å². The Morgan fingerprint density at radius 1 is 1.62 bits per heavy atom. The van der Waals surface area contributed by atoms with E-state index in [2.05, 4.69) is 27.1 Å². The van der Waals surface area contributed by atoms with Crippen LogP contribution in [-0.4, -0.2) is 56.4 Å². The van der Waals surface area contributed by atoms with Crippen LogP contribution in [0.2, 0.25) is 0 Å². The van der Waals surface area contributed by atoms with Gasteiger partial charge in [-0.3, -0.25) is 0 Å². The molecule has 1 nitrogen and oxygen atoms in total. The first-order valence-electron chi connectivity index (χ1n) is 1.88. The Bertz CT molecular complexity index is 142. The first-order valence-corrected chi connectivity index (χ1v) is 2.67. The van der Waals surface area contributed by atoms with Crippen LogP contribution in [0, 0.1) is 6.20 Å². The fraction of sp³-hybridized carbons (Fsp3) is 0. The van der Waals surface area contributed by atoms with Gasteiger partial charge in [0.15, 0.2) is 0 Å². The number of hydrogen-bond donors (Lipinski definition) is 0. The third kappa shape index (κ3) is 3.32. The monoisotopic (exact) mass is 196 g/mol.